The predicted molar refractivity (Wildman–Crippen MR) is 43.7 cm³/mol. The lowest BCUT2D eigenvalue weighted by Crippen LogP contribution is -1.98. The Kier molecular flexibility index (Phi) is 3.08. The number of hydrogen-bond acceptors (Lipinski definition) is 2. The summed E-state index contributed by atoms with van der Waals surface area (Å²) in [5.74, 6) is 0.370. The molecule has 0 N–H and O–H groups in total. The molecule has 1 rings (SSSR count). The van der Waals surface area contributed by atoms with Gasteiger partial charge in [-0.2, -0.15) is 13.2 Å². The van der Waals surface area contributed by atoms with Gasteiger partial charge in [0.1, 0.15) is 5.75 Å². The number of alkyl halides is 3. The SMILES string of the molecule is COc1c[c]cc(SC(F)(F)F)c1. The lowest BCUT2D eigenvalue weighted by Gasteiger charge is -2.06. The Labute approximate surface area is 77.9 Å². The lowest BCUT2D eigenvalue weighted by molar-refractivity contribution is -0.0328. The molecule has 0 fully saturated rings. The Morgan fingerprint density at radius 1 is 1.38 bits per heavy atom. The van der Waals surface area contributed by atoms with Gasteiger partial charge in [-0.1, -0.05) is 0 Å². The van der Waals surface area contributed by atoms with Gasteiger partial charge in [0.15, 0.2) is 0 Å². The third-order valence-electron chi connectivity index (χ3n) is 1.20. The smallest absolute Gasteiger partial charge is 0.446 e. The highest BCUT2D eigenvalue weighted by Gasteiger charge is 2.29. The fraction of sp³-hybridized carbons (Fsp3) is 0.250. The van der Waals surface area contributed by atoms with Crippen molar-refractivity contribution in [1.29, 1.82) is 0 Å². The Morgan fingerprint density at radius 2 is 2.08 bits per heavy atom. The van der Waals surface area contributed by atoms with Gasteiger partial charge in [-0.05, 0) is 36.0 Å². The number of thioether (sulfide) groups is 1. The lowest BCUT2D eigenvalue weighted by atomic mass is 10.3. The second kappa shape index (κ2) is 3.91. The van der Waals surface area contributed by atoms with Crippen LogP contribution >= 0.6 is 11.8 Å². The van der Waals surface area contributed by atoms with Crippen LogP contribution in [0.4, 0.5) is 13.2 Å². The molecule has 0 aromatic heterocycles. The van der Waals surface area contributed by atoms with E-state index in [0.29, 0.717) is 5.75 Å². The molecule has 0 aliphatic carbocycles. The van der Waals surface area contributed by atoms with Crippen molar-refractivity contribution in [2.24, 2.45) is 0 Å². The maximum absolute atomic E-state index is 11.9. The number of methoxy groups -OCH3 is 1. The molecular formula is C8H6F3OS. The third-order valence-corrected chi connectivity index (χ3v) is 1.91. The van der Waals surface area contributed by atoms with E-state index in [2.05, 4.69) is 6.07 Å². The molecule has 13 heavy (non-hydrogen) atoms. The van der Waals surface area contributed by atoms with E-state index in [0.717, 1.165) is 0 Å². The molecule has 1 aromatic carbocycles. The van der Waals surface area contributed by atoms with Gasteiger partial charge in [-0.15, -0.1) is 0 Å². The second-order valence-electron chi connectivity index (χ2n) is 2.16. The second-order valence-corrected chi connectivity index (χ2v) is 3.29. The van der Waals surface area contributed by atoms with Gasteiger partial charge in [0.2, 0.25) is 0 Å². The summed E-state index contributed by atoms with van der Waals surface area (Å²) in [6.07, 6.45) is 0. The molecular weight excluding hydrogens is 201 g/mol. The van der Waals surface area contributed by atoms with Crippen LogP contribution in [0.3, 0.4) is 0 Å². The van der Waals surface area contributed by atoms with Crippen molar-refractivity contribution in [3.63, 3.8) is 0 Å². The van der Waals surface area contributed by atoms with Crippen LogP contribution in [0.15, 0.2) is 23.1 Å². The van der Waals surface area contributed by atoms with Gasteiger partial charge in [0.25, 0.3) is 0 Å². The van der Waals surface area contributed by atoms with Crippen LogP contribution in [-0.2, 0) is 0 Å². The fourth-order valence-corrected chi connectivity index (χ4v) is 1.31. The monoisotopic (exact) mass is 207 g/mol. The van der Waals surface area contributed by atoms with Crippen LogP contribution in [0.5, 0.6) is 5.75 Å². The molecule has 0 bridgehead atoms. The number of rotatable bonds is 2. The Bertz CT molecular complexity index is 285. The van der Waals surface area contributed by atoms with Crippen molar-refractivity contribution < 1.29 is 17.9 Å². The van der Waals surface area contributed by atoms with E-state index >= 15 is 0 Å². The quantitative estimate of drug-likeness (QED) is 0.689. The van der Waals surface area contributed by atoms with E-state index in [9.17, 15) is 13.2 Å². The number of hydrogen-bond donors (Lipinski definition) is 0. The van der Waals surface area contributed by atoms with E-state index in [1.807, 2.05) is 0 Å². The summed E-state index contributed by atoms with van der Waals surface area (Å²) in [7, 11) is 1.39. The average Bonchev–Trinajstić information content (AvgIpc) is 2.01. The molecule has 0 aliphatic heterocycles. The van der Waals surface area contributed by atoms with E-state index < -0.39 is 5.51 Å². The first-order valence-electron chi connectivity index (χ1n) is 3.32. The molecule has 0 aliphatic rings. The summed E-state index contributed by atoms with van der Waals surface area (Å²) in [5.41, 5.74) is -4.26. The number of halogens is 3. The first kappa shape index (κ1) is 10.2. The summed E-state index contributed by atoms with van der Waals surface area (Å²) in [4.78, 5) is 0.0758. The molecule has 0 heterocycles. The van der Waals surface area contributed by atoms with E-state index in [4.69, 9.17) is 4.74 Å². The van der Waals surface area contributed by atoms with Crippen LogP contribution in [0.1, 0.15) is 0 Å². The molecule has 1 nitrogen and oxygen atoms in total. The van der Waals surface area contributed by atoms with Crippen LogP contribution in [-0.4, -0.2) is 12.6 Å². The molecule has 0 amide bonds. The third kappa shape index (κ3) is 3.59. The van der Waals surface area contributed by atoms with Crippen LogP contribution in [0, 0.1) is 6.07 Å². The molecule has 71 valence electrons. The van der Waals surface area contributed by atoms with Gasteiger partial charge in [-0.25, -0.2) is 0 Å². The van der Waals surface area contributed by atoms with Crippen molar-refractivity contribution in [2.45, 2.75) is 10.4 Å². The van der Waals surface area contributed by atoms with E-state index in [-0.39, 0.29) is 16.7 Å². The van der Waals surface area contributed by atoms with Crippen LogP contribution in [0.2, 0.25) is 0 Å². The number of benzene rings is 1. The van der Waals surface area contributed by atoms with Crippen molar-refractivity contribution in [2.75, 3.05) is 7.11 Å². The van der Waals surface area contributed by atoms with E-state index in [1.54, 1.807) is 0 Å². The maximum atomic E-state index is 11.9. The van der Waals surface area contributed by atoms with Crippen molar-refractivity contribution in [3.05, 3.63) is 24.3 Å². The highest BCUT2D eigenvalue weighted by Crippen LogP contribution is 2.37. The molecule has 1 aromatic rings. The Morgan fingerprint density at radius 3 is 2.62 bits per heavy atom. The van der Waals surface area contributed by atoms with Crippen molar-refractivity contribution in [3.8, 4) is 5.75 Å². The van der Waals surface area contributed by atoms with Gasteiger partial charge in [-0.3, -0.25) is 0 Å². The van der Waals surface area contributed by atoms with Gasteiger partial charge >= 0.3 is 5.51 Å². The summed E-state index contributed by atoms with van der Waals surface area (Å²) < 4.78 is 40.4. The predicted octanol–water partition coefficient (Wildman–Crippen LogP) is 3.11. The largest absolute Gasteiger partial charge is 0.497 e. The molecule has 0 saturated carbocycles. The molecule has 0 unspecified atom stereocenters. The Balaban J connectivity index is 2.78. The van der Waals surface area contributed by atoms with Gasteiger partial charge in [0, 0.05) is 4.90 Å². The normalized spacial score (nSPS) is 11.4. The zero-order valence-electron chi connectivity index (χ0n) is 6.68. The number of ether oxygens (including phenoxy) is 1. The molecule has 0 spiro atoms. The zero-order valence-corrected chi connectivity index (χ0v) is 7.50. The van der Waals surface area contributed by atoms with E-state index in [1.165, 1.54) is 25.3 Å². The highest BCUT2D eigenvalue weighted by molar-refractivity contribution is 8.00. The van der Waals surface area contributed by atoms with Crippen LogP contribution < -0.4 is 4.74 Å². The first-order chi connectivity index (χ1) is 6.01. The minimum absolute atomic E-state index is 0.0758. The summed E-state index contributed by atoms with van der Waals surface area (Å²) in [5, 5.41) is 0. The Hall–Kier alpha value is -0.840. The molecule has 0 saturated heterocycles. The molecule has 0 atom stereocenters. The maximum Gasteiger partial charge on any atom is 0.446 e. The summed E-state index contributed by atoms with van der Waals surface area (Å²) in [6.45, 7) is 0. The van der Waals surface area contributed by atoms with Crippen LogP contribution in [0.25, 0.3) is 0 Å². The zero-order chi connectivity index (χ0) is 9.90. The van der Waals surface area contributed by atoms with Gasteiger partial charge < -0.3 is 4.74 Å². The minimum atomic E-state index is -4.26. The van der Waals surface area contributed by atoms with Crippen molar-refractivity contribution >= 4 is 11.8 Å². The van der Waals surface area contributed by atoms with Crippen molar-refractivity contribution in [1.82, 2.24) is 0 Å². The van der Waals surface area contributed by atoms with Gasteiger partial charge in [0.05, 0.1) is 7.11 Å². The summed E-state index contributed by atoms with van der Waals surface area (Å²) >= 11 is -0.181. The average molecular weight is 207 g/mol. The topological polar surface area (TPSA) is 9.23 Å². The first-order valence-corrected chi connectivity index (χ1v) is 4.14. The molecule has 5 heteroatoms. The summed E-state index contributed by atoms with van der Waals surface area (Å²) in [6, 6.07) is 6.61. The highest BCUT2D eigenvalue weighted by atomic mass is 32.2. The minimum Gasteiger partial charge on any atom is -0.497 e. The standard InChI is InChI=1S/C8H6F3OS/c1-12-6-3-2-4-7(5-6)13-8(9,10)11/h3-5H,1H3. The molecule has 1 radical (unpaired) electrons. The fourth-order valence-electron chi connectivity index (χ4n) is 0.740.